The van der Waals surface area contributed by atoms with E-state index in [1.165, 1.54) is 19.2 Å². The van der Waals surface area contributed by atoms with Gasteiger partial charge in [0.15, 0.2) is 0 Å². The Hall–Kier alpha value is -1.31. The van der Waals surface area contributed by atoms with Crippen molar-refractivity contribution >= 4 is 15.7 Å². The van der Waals surface area contributed by atoms with E-state index >= 15 is 0 Å². The Balaban J connectivity index is 2.19. The summed E-state index contributed by atoms with van der Waals surface area (Å²) in [5.41, 5.74) is 5.89. The van der Waals surface area contributed by atoms with Gasteiger partial charge in [-0.2, -0.15) is 0 Å². The number of nitrogens with two attached hydrogens (primary N) is 1. The molecule has 7 heteroatoms. The van der Waals surface area contributed by atoms with Crippen molar-refractivity contribution in [1.29, 1.82) is 0 Å². The number of sulfonamides is 1. The lowest BCUT2D eigenvalue weighted by molar-refractivity contribution is 0.141. The first-order valence-corrected chi connectivity index (χ1v) is 7.09. The van der Waals surface area contributed by atoms with Crippen LogP contribution in [0.1, 0.15) is 6.42 Å². The Morgan fingerprint density at radius 2 is 2.28 bits per heavy atom. The average Bonchev–Trinajstić information content (AvgIpc) is 2.81. The number of hydrogen-bond acceptors (Lipinski definition) is 5. The van der Waals surface area contributed by atoms with Crippen LogP contribution in [0.3, 0.4) is 0 Å². The molecule has 1 atom stereocenters. The summed E-state index contributed by atoms with van der Waals surface area (Å²) in [5, 5.41) is 0. The fourth-order valence-electron chi connectivity index (χ4n) is 1.75. The van der Waals surface area contributed by atoms with Crippen LogP contribution in [0.15, 0.2) is 23.1 Å². The SMILES string of the molecule is CNS(=O)(=O)c1ccc(OC2CCOC2)cc1N. The summed E-state index contributed by atoms with van der Waals surface area (Å²) >= 11 is 0. The lowest BCUT2D eigenvalue weighted by atomic mass is 10.3. The van der Waals surface area contributed by atoms with Gasteiger partial charge in [0.1, 0.15) is 16.7 Å². The second kappa shape index (κ2) is 5.13. The minimum Gasteiger partial charge on any atom is -0.488 e. The van der Waals surface area contributed by atoms with E-state index in [9.17, 15) is 8.42 Å². The number of benzene rings is 1. The quantitative estimate of drug-likeness (QED) is 0.772. The molecule has 6 nitrogen and oxygen atoms in total. The van der Waals surface area contributed by atoms with Crippen molar-refractivity contribution in [1.82, 2.24) is 4.72 Å². The van der Waals surface area contributed by atoms with Crippen molar-refractivity contribution in [2.24, 2.45) is 0 Å². The first-order chi connectivity index (χ1) is 8.53. The molecule has 0 aliphatic carbocycles. The molecule has 0 aromatic heterocycles. The number of anilines is 1. The molecule has 1 aromatic rings. The molecular formula is C11H16N2O4S. The van der Waals surface area contributed by atoms with E-state index in [0.29, 0.717) is 19.0 Å². The van der Waals surface area contributed by atoms with Gasteiger partial charge in [-0.15, -0.1) is 0 Å². The van der Waals surface area contributed by atoms with E-state index < -0.39 is 10.0 Å². The third-order valence-corrected chi connectivity index (χ3v) is 4.22. The van der Waals surface area contributed by atoms with Crippen molar-refractivity contribution in [3.63, 3.8) is 0 Å². The molecule has 0 spiro atoms. The second-order valence-electron chi connectivity index (χ2n) is 4.01. The van der Waals surface area contributed by atoms with Gasteiger partial charge in [-0.25, -0.2) is 13.1 Å². The summed E-state index contributed by atoms with van der Waals surface area (Å²) in [6, 6.07) is 4.55. The average molecular weight is 272 g/mol. The second-order valence-corrected chi connectivity index (χ2v) is 5.87. The number of nitrogen functional groups attached to an aromatic ring is 1. The van der Waals surface area contributed by atoms with Crippen molar-refractivity contribution in [2.75, 3.05) is 26.0 Å². The summed E-state index contributed by atoms with van der Waals surface area (Å²) in [6.07, 6.45) is 0.840. The highest BCUT2D eigenvalue weighted by Crippen LogP contribution is 2.25. The maximum atomic E-state index is 11.6. The molecule has 1 aliphatic rings. The molecule has 1 heterocycles. The molecule has 1 fully saturated rings. The molecule has 1 unspecified atom stereocenters. The van der Waals surface area contributed by atoms with E-state index in [4.69, 9.17) is 15.2 Å². The third kappa shape index (κ3) is 2.74. The summed E-state index contributed by atoms with van der Waals surface area (Å²) in [5.74, 6) is 0.554. The van der Waals surface area contributed by atoms with Crippen LogP contribution < -0.4 is 15.2 Å². The monoisotopic (exact) mass is 272 g/mol. The Morgan fingerprint density at radius 3 is 2.83 bits per heavy atom. The third-order valence-electron chi connectivity index (χ3n) is 2.73. The van der Waals surface area contributed by atoms with Gasteiger partial charge < -0.3 is 15.2 Å². The van der Waals surface area contributed by atoms with E-state index in [0.717, 1.165) is 6.42 Å². The van der Waals surface area contributed by atoms with Crippen molar-refractivity contribution in [3.05, 3.63) is 18.2 Å². The molecule has 1 aromatic carbocycles. The number of hydrogen-bond donors (Lipinski definition) is 2. The molecule has 3 N–H and O–H groups in total. The van der Waals surface area contributed by atoms with Crippen LogP contribution in [-0.2, 0) is 14.8 Å². The van der Waals surface area contributed by atoms with Crippen molar-refractivity contribution < 1.29 is 17.9 Å². The molecule has 0 saturated carbocycles. The fourth-order valence-corrected chi connectivity index (χ4v) is 2.59. The smallest absolute Gasteiger partial charge is 0.242 e. The van der Waals surface area contributed by atoms with Gasteiger partial charge in [0.2, 0.25) is 10.0 Å². The molecular weight excluding hydrogens is 256 g/mol. The normalized spacial score (nSPS) is 19.9. The van der Waals surface area contributed by atoms with Gasteiger partial charge in [-0.3, -0.25) is 0 Å². The standard InChI is InChI=1S/C11H16N2O4S/c1-13-18(14,15)11-3-2-8(6-10(11)12)17-9-4-5-16-7-9/h2-3,6,9,13H,4-5,7,12H2,1H3. The van der Waals surface area contributed by atoms with Gasteiger partial charge in [-0.05, 0) is 19.2 Å². The van der Waals surface area contributed by atoms with Gasteiger partial charge in [0.05, 0.1) is 18.9 Å². The van der Waals surface area contributed by atoms with Crippen LogP contribution in [0.2, 0.25) is 0 Å². The van der Waals surface area contributed by atoms with E-state index in [-0.39, 0.29) is 16.7 Å². The van der Waals surface area contributed by atoms with E-state index in [1.54, 1.807) is 6.07 Å². The Bertz CT molecular complexity index is 524. The molecule has 2 rings (SSSR count). The highest BCUT2D eigenvalue weighted by atomic mass is 32.2. The van der Waals surface area contributed by atoms with Gasteiger partial charge >= 0.3 is 0 Å². The zero-order chi connectivity index (χ0) is 13.2. The number of rotatable bonds is 4. The van der Waals surface area contributed by atoms with Crippen LogP contribution in [-0.4, -0.2) is 34.8 Å². The first kappa shape index (κ1) is 13.1. The molecule has 100 valence electrons. The Labute approximate surface area is 106 Å². The Morgan fingerprint density at radius 1 is 1.50 bits per heavy atom. The van der Waals surface area contributed by atoms with Crippen molar-refractivity contribution in [3.8, 4) is 5.75 Å². The predicted octanol–water partition coefficient (Wildman–Crippen LogP) is 0.345. The maximum absolute atomic E-state index is 11.6. The molecule has 1 saturated heterocycles. The lowest BCUT2D eigenvalue weighted by Gasteiger charge is -2.13. The molecule has 0 radical (unpaired) electrons. The van der Waals surface area contributed by atoms with Gasteiger partial charge in [-0.1, -0.05) is 0 Å². The molecule has 1 aliphatic heterocycles. The largest absolute Gasteiger partial charge is 0.488 e. The van der Waals surface area contributed by atoms with E-state index in [2.05, 4.69) is 4.72 Å². The summed E-state index contributed by atoms with van der Waals surface area (Å²) in [7, 11) is -2.19. The zero-order valence-corrected chi connectivity index (χ0v) is 10.9. The van der Waals surface area contributed by atoms with Crippen LogP contribution in [0.5, 0.6) is 5.75 Å². The zero-order valence-electron chi connectivity index (χ0n) is 10.0. The molecule has 0 bridgehead atoms. The van der Waals surface area contributed by atoms with Crippen LogP contribution in [0.4, 0.5) is 5.69 Å². The minimum atomic E-state index is -3.53. The summed E-state index contributed by atoms with van der Waals surface area (Å²) in [6.45, 7) is 1.24. The highest BCUT2D eigenvalue weighted by Gasteiger charge is 2.19. The van der Waals surface area contributed by atoms with Crippen LogP contribution in [0, 0.1) is 0 Å². The first-order valence-electron chi connectivity index (χ1n) is 5.60. The van der Waals surface area contributed by atoms with Crippen LogP contribution in [0.25, 0.3) is 0 Å². The minimum absolute atomic E-state index is 0.0103. The lowest BCUT2D eigenvalue weighted by Crippen LogP contribution is -2.20. The Kier molecular flexibility index (Phi) is 3.74. The van der Waals surface area contributed by atoms with Gasteiger partial charge in [0, 0.05) is 12.5 Å². The topological polar surface area (TPSA) is 90.7 Å². The fraction of sp³-hybridized carbons (Fsp3) is 0.455. The predicted molar refractivity (Wildman–Crippen MR) is 67.0 cm³/mol. The van der Waals surface area contributed by atoms with Crippen molar-refractivity contribution in [2.45, 2.75) is 17.4 Å². The highest BCUT2D eigenvalue weighted by molar-refractivity contribution is 7.89. The molecule has 0 amide bonds. The van der Waals surface area contributed by atoms with E-state index in [1.807, 2.05) is 0 Å². The summed E-state index contributed by atoms with van der Waals surface area (Å²) in [4.78, 5) is 0.0556. The maximum Gasteiger partial charge on any atom is 0.242 e. The number of ether oxygens (including phenoxy) is 2. The summed E-state index contributed by atoms with van der Waals surface area (Å²) < 4.78 is 36.3. The van der Waals surface area contributed by atoms with Gasteiger partial charge in [0.25, 0.3) is 0 Å². The number of nitrogens with one attached hydrogen (secondary N) is 1. The molecule has 18 heavy (non-hydrogen) atoms. The van der Waals surface area contributed by atoms with Crippen LogP contribution >= 0.6 is 0 Å².